The van der Waals surface area contributed by atoms with Crippen LogP contribution in [0.2, 0.25) is 0 Å². The van der Waals surface area contributed by atoms with Crippen LogP contribution in [0.5, 0.6) is 0 Å². The van der Waals surface area contributed by atoms with Crippen LogP contribution in [0.4, 0.5) is 0 Å². The van der Waals surface area contributed by atoms with E-state index in [4.69, 9.17) is 0 Å². The third-order valence-corrected chi connectivity index (χ3v) is 4.41. The average molecular weight is 292 g/mol. The zero-order chi connectivity index (χ0) is 14.6. The molecule has 0 aromatic heterocycles. The molecule has 2 aliphatic heterocycles. The highest BCUT2D eigenvalue weighted by Crippen LogP contribution is 2.10. The summed E-state index contributed by atoms with van der Waals surface area (Å²) in [4.78, 5) is 13.2. The molecule has 0 amide bonds. The Balaban J connectivity index is 1.26. The van der Waals surface area contributed by atoms with Gasteiger partial charge >= 0.3 is 0 Å². The SMILES string of the molecule is C1=NCCN1CCCCCCCCCCCN1C=NCC1. The van der Waals surface area contributed by atoms with Crippen LogP contribution < -0.4 is 0 Å². The van der Waals surface area contributed by atoms with Gasteiger partial charge in [-0.25, -0.2) is 0 Å². The Morgan fingerprint density at radius 2 is 0.952 bits per heavy atom. The van der Waals surface area contributed by atoms with Gasteiger partial charge in [-0.05, 0) is 12.8 Å². The van der Waals surface area contributed by atoms with Gasteiger partial charge in [-0.2, -0.15) is 0 Å². The lowest BCUT2D eigenvalue weighted by atomic mass is 10.1. The molecule has 0 saturated carbocycles. The number of aliphatic imine (C=N–C) groups is 2. The van der Waals surface area contributed by atoms with Crippen molar-refractivity contribution in [2.24, 2.45) is 9.98 Å². The molecule has 0 bridgehead atoms. The summed E-state index contributed by atoms with van der Waals surface area (Å²) >= 11 is 0. The molecule has 21 heavy (non-hydrogen) atoms. The predicted molar refractivity (Wildman–Crippen MR) is 91.4 cm³/mol. The van der Waals surface area contributed by atoms with E-state index < -0.39 is 0 Å². The minimum atomic E-state index is 1.00. The Bertz CT molecular complexity index is 284. The summed E-state index contributed by atoms with van der Waals surface area (Å²) < 4.78 is 0. The van der Waals surface area contributed by atoms with Crippen molar-refractivity contribution in [2.75, 3.05) is 39.3 Å². The van der Waals surface area contributed by atoms with Crippen LogP contribution in [0.3, 0.4) is 0 Å². The van der Waals surface area contributed by atoms with Gasteiger partial charge in [0.1, 0.15) is 0 Å². The Morgan fingerprint density at radius 3 is 1.29 bits per heavy atom. The second-order valence-corrected chi connectivity index (χ2v) is 6.30. The van der Waals surface area contributed by atoms with Crippen molar-refractivity contribution in [3.63, 3.8) is 0 Å². The van der Waals surface area contributed by atoms with E-state index in [-0.39, 0.29) is 0 Å². The van der Waals surface area contributed by atoms with Crippen molar-refractivity contribution in [1.82, 2.24) is 9.80 Å². The van der Waals surface area contributed by atoms with Gasteiger partial charge in [-0.1, -0.05) is 44.9 Å². The highest BCUT2D eigenvalue weighted by atomic mass is 15.2. The van der Waals surface area contributed by atoms with Gasteiger partial charge < -0.3 is 9.80 Å². The quantitative estimate of drug-likeness (QED) is 0.517. The van der Waals surface area contributed by atoms with E-state index in [2.05, 4.69) is 19.8 Å². The van der Waals surface area contributed by atoms with Gasteiger partial charge in [0.2, 0.25) is 0 Å². The molecule has 2 rings (SSSR count). The lowest BCUT2D eigenvalue weighted by molar-refractivity contribution is 0.432. The first kappa shape index (κ1) is 16.3. The Hall–Kier alpha value is -1.06. The van der Waals surface area contributed by atoms with E-state index in [9.17, 15) is 0 Å². The highest BCUT2D eigenvalue weighted by molar-refractivity contribution is 5.57. The van der Waals surface area contributed by atoms with Crippen molar-refractivity contribution >= 4 is 12.7 Å². The number of unbranched alkanes of at least 4 members (excludes halogenated alkanes) is 8. The molecule has 0 saturated heterocycles. The van der Waals surface area contributed by atoms with Crippen LogP contribution in [0, 0.1) is 0 Å². The molecular formula is C17H32N4. The molecule has 0 N–H and O–H groups in total. The maximum Gasteiger partial charge on any atom is 0.0851 e. The molecule has 0 aromatic carbocycles. The topological polar surface area (TPSA) is 31.2 Å². The van der Waals surface area contributed by atoms with E-state index in [0.29, 0.717) is 0 Å². The minimum absolute atomic E-state index is 1.00. The van der Waals surface area contributed by atoms with Gasteiger partial charge in [-0.15, -0.1) is 0 Å². The predicted octanol–water partition coefficient (Wildman–Crippen LogP) is 3.19. The minimum Gasteiger partial charge on any atom is -0.361 e. The van der Waals surface area contributed by atoms with Crippen LogP contribution in [0.25, 0.3) is 0 Å². The molecule has 0 fully saturated rings. The lowest BCUT2D eigenvalue weighted by Gasteiger charge is -2.13. The number of hydrogen-bond acceptors (Lipinski definition) is 4. The molecule has 0 aromatic rings. The second kappa shape index (κ2) is 10.6. The molecule has 0 spiro atoms. The van der Waals surface area contributed by atoms with Gasteiger partial charge in [0, 0.05) is 26.2 Å². The molecule has 0 radical (unpaired) electrons. The Morgan fingerprint density at radius 1 is 0.571 bits per heavy atom. The molecule has 0 unspecified atom stereocenters. The molecule has 2 heterocycles. The number of rotatable bonds is 12. The molecule has 120 valence electrons. The fraction of sp³-hybridized carbons (Fsp3) is 0.882. The Kier molecular flexibility index (Phi) is 8.26. The van der Waals surface area contributed by atoms with Gasteiger partial charge in [0.15, 0.2) is 0 Å². The van der Waals surface area contributed by atoms with E-state index in [1.807, 2.05) is 12.7 Å². The molecule has 4 nitrogen and oxygen atoms in total. The maximum absolute atomic E-state index is 4.24. The summed E-state index contributed by atoms with van der Waals surface area (Å²) in [6.45, 7) is 6.72. The van der Waals surface area contributed by atoms with E-state index >= 15 is 0 Å². The highest BCUT2D eigenvalue weighted by Gasteiger charge is 2.04. The largest absolute Gasteiger partial charge is 0.361 e. The molecule has 0 atom stereocenters. The van der Waals surface area contributed by atoms with Gasteiger partial charge in [-0.3, -0.25) is 9.98 Å². The van der Waals surface area contributed by atoms with Crippen LogP contribution in [-0.4, -0.2) is 61.7 Å². The van der Waals surface area contributed by atoms with E-state index in [0.717, 1.165) is 26.2 Å². The summed E-state index contributed by atoms with van der Waals surface area (Å²) in [5.74, 6) is 0. The normalized spacial score (nSPS) is 17.3. The zero-order valence-corrected chi connectivity index (χ0v) is 13.6. The summed E-state index contributed by atoms with van der Waals surface area (Å²) in [5, 5.41) is 0. The van der Waals surface area contributed by atoms with Crippen LogP contribution >= 0.6 is 0 Å². The number of hydrogen-bond donors (Lipinski definition) is 0. The molecule has 0 aliphatic carbocycles. The lowest BCUT2D eigenvalue weighted by Crippen LogP contribution is -2.20. The maximum atomic E-state index is 4.24. The first-order valence-corrected chi connectivity index (χ1v) is 8.93. The van der Waals surface area contributed by atoms with Crippen LogP contribution in [0.15, 0.2) is 9.98 Å². The standard InChI is InChI=1S/C17H32N4/c1(2-4-6-8-12-20-14-10-18-16-20)3-5-7-9-13-21-15-11-19-17-21/h16-17H,1-15H2. The van der Waals surface area contributed by atoms with Crippen LogP contribution in [-0.2, 0) is 0 Å². The smallest absolute Gasteiger partial charge is 0.0851 e. The van der Waals surface area contributed by atoms with Crippen molar-refractivity contribution < 1.29 is 0 Å². The van der Waals surface area contributed by atoms with Crippen molar-refractivity contribution in [3.05, 3.63) is 0 Å². The van der Waals surface area contributed by atoms with Crippen LogP contribution in [0.1, 0.15) is 57.8 Å². The fourth-order valence-corrected chi connectivity index (χ4v) is 3.04. The second-order valence-electron chi connectivity index (χ2n) is 6.30. The summed E-state index contributed by atoms with van der Waals surface area (Å²) in [6.07, 6.45) is 16.6. The molecular weight excluding hydrogens is 260 g/mol. The summed E-state index contributed by atoms with van der Waals surface area (Å²) in [7, 11) is 0. The van der Waals surface area contributed by atoms with Gasteiger partial charge in [0.25, 0.3) is 0 Å². The summed E-state index contributed by atoms with van der Waals surface area (Å²) in [6, 6.07) is 0. The molecule has 4 heteroatoms. The zero-order valence-electron chi connectivity index (χ0n) is 13.6. The Labute approximate surface area is 130 Å². The third-order valence-electron chi connectivity index (χ3n) is 4.41. The number of nitrogens with zero attached hydrogens (tertiary/aromatic N) is 4. The first-order chi connectivity index (χ1) is 10.4. The summed E-state index contributed by atoms with van der Waals surface area (Å²) in [5.41, 5.74) is 0. The van der Waals surface area contributed by atoms with Crippen molar-refractivity contribution in [3.8, 4) is 0 Å². The fourth-order valence-electron chi connectivity index (χ4n) is 3.04. The first-order valence-electron chi connectivity index (χ1n) is 8.93. The monoisotopic (exact) mass is 292 g/mol. The van der Waals surface area contributed by atoms with E-state index in [1.165, 1.54) is 70.9 Å². The average Bonchev–Trinajstić information content (AvgIpc) is 3.18. The third kappa shape index (κ3) is 7.49. The van der Waals surface area contributed by atoms with Crippen molar-refractivity contribution in [2.45, 2.75) is 57.8 Å². The van der Waals surface area contributed by atoms with E-state index in [1.54, 1.807) is 0 Å². The van der Waals surface area contributed by atoms with Gasteiger partial charge in [0.05, 0.1) is 25.8 Å². The van der Waals surface area contributed by atoms with Crippen molar-refractivity contribution in [1.29, 1.82) is 0 Å². The molecule has 2 aliphatic rings.